The average molecular weight is 565 g/mol. The summed E-state index contributed by atoms with van der Waals surface area (Å²) in [7, 11) is 1.83. The molecule has 0 bridgehead atoms. The van der Waals surface area contributed by atoms with Crippen molar-refractivity contribution >= 4 is 12.0 Å². The fraction of sp³-hybridized carbons (Fsp3) is 0.452. The molecule has 2 aromatic carbocycles. The molecule has 0 aliphatic carbocycles. The molecule has 2 saturated heterocycles. The van der Waals surface area contributed by atoms with Gasteiger partial charge in [-0.1, -0.05) is 18.2 Å². The van der Waals surface area contributed by atoms with Crippen molar-refractivity contribution in [3.05, 3.63) is 72.1 Å². The topological polar surface area (TPSA) is 86.1 Å². The Kier molecular flexibility index (Phi) is 8.30. The quantitative estimate of drug-likeness (QED) is 0.400. The Morgan fingerprint density at radius 3 is 2.56 bits per heavy atom. The van der Waals surface area contributed by atoms with Crippen LogP contribution in [0.3, 0.4) is 0 Å². The van der Waals surface area contributed by atoms with Crippen LogP contribution in [0.2, 0.25) is 0 Å². The monoisotopic (exact) mass is 564 g/mol. The molecule has 0 saturated carbocycles. The minimum Gasteiger partial charge on any atom is -0.487 e. The smallest absolute Gasteiger partial charge is 0.410 e. The van der Waals surface area contributed by atoms with E-state index in [0.717, 1.165) is 18.4 Å². The maximum absolute atomic E-state index is 15.1. The molecule has 2 aliphatic heterocycles. The first-order valence-corrected chi connectivity index (χ1v) is 14.0. The van der Waals surface area contributed by atoms with Crippen LogP contribution in [0.1, 0.15) is 49.7 Å². The van der Waals surface area contributed by atoms with Gasteiger partial charge in [0.25, 0.3) is 5.91 Å². The summed E-state index contributed by atoms with van der Waals surface area (Å²) in [6.07, 6.45) is 4.27. The molecule has 5 rings (SSSR count). The highest BCUT2D eigenvalue weighted by molar-refractivity contribution is 5.92. The zero-order valence-electron chi connectivity index (χ0n) is 24.0. The lowest BCUT2D eigenvalue weighted by Crippen LogP contribution is -2.57. The lowest BCUT2D eigenvalue weighted by Gasteiger charge is -2.39. The van der Waals surface area contributed by atoms with E-state index in [-0.39, 0.29) is 30.0 Å². The van der Waals surface area contributed by atoms with Crippen molar-refractivity contribution in [1.29, 1.82) is 0 Å². The SMILES string of the molecule is Cn1cnc(C(=O)N(Cc2ccc(F)c(-c3cccc(OC4CN(C(=O)OC(C)(C)C)C4)c3)c2)C2CCOCC2)c1. The van der Waals surface area contributed by atoms with Gasteiger partial charge in [0, 0.05) is 44.6 Å². The minimum absolute atomic E-state index is 0.00575. The van der Waals surface area contributed by atoms with Crippen molar-refractivity contribution in [3.8, 4) is 16.9 Å². The van der Waals surface area contributed by atoms with E-state index in [9.17, 15) is 9.59 Å². The van der Waals surface area contributed by atoms with E-state index in [4.69, 9.17) is 14.2 Å². The second kappa shape index (κ2) is 11.9. The van der Waals surface area contributed by atoms with Gasteiger partial charge < -0.3 is 28.6 Å². The van der Waals surface area contributed by atoms with Gasteiger partial charge in [0.1, 0.15) is 29.0 Å². The normalized spacial score (nSPS) is 16.3. The molecule has 218 valence electrons. The molecular formula is C31H37FN4O5. The third kappa shape index (κ3) is 7.05. The van der Waals surface area contributed by atoms with Crippen molar-refractivity contribution in [2.24, 2.45) is 7.05 Å². The summed E-state index contributed by atoms with van der Waals surface area (Å²) in [5.74, 6) is 0.0781. The fourth-order valence-corrected chi connectivity index (χ4v) is 5.04. The van der Waals surface area contributed by atoms with Crippen LogP contribution in [0.25, 0.3) is 11.1 Å². The lowest BCUT2D eigenvalue weighted by atomic mass is 10.0. The van der Waals surface area contributed by atoms with Gasteiger partial charge in [0.05, 0.1) is 19.4 Å². The minimum atomic E-state index is -0.552. The van der Waals surface area contributed by atoms with Gasteiger partial charge in [-0.25, -0.2) is 14.2 Å². The van der Waals surface area contributed by atoms with Gasteiger partial charge in [-0.2, -0.15) is 0 Å². The standard InChI is InChI=1S/C31H37FN4O5/c1-31(2,3)41-30(38)35-17-25(18-35)40-24-7-5-6-22(15-24)26-14-21(8-9-27(26)32)16-36(23-10-12-39-13-11-23)29(37)28-19-34(4)20-33-28/h5-9,14-15,19-20,23,25H,10-13,16-18H2,1-4H3. The van der Waals surface area contributed by atoms with E-state index in [1.54, 1.807) is 40.2 Å². The second-order valence-electron chi connectivity index (χ2n) is 11.7. The largest absolute Gasteiger partial charge is 0.487 e. The molecule has 2 aliphatic rings. The fourth-order valence-electron chi connectivity index (χ4n) is 5.04. The predicted molar refractivity (Wildman–Crippen MR) is 151 cm³/mol. The number of ether oxygens (including phenoxy) is 3. The summed E-state index contributed by atoms with van der Waals surface area (Å²) < 4.78 is 33.9. The number of rotatable bonds is 7. The average Bonchev–Trinajstić information content (AvgIpc) is 3.35. The molecule has 1 aromatic heterocycles. The highest BCUT2D eigenvalue weighted by atomic mass is 19.1. The maximum Gasteiger partial charge on any atom is 0.410 e. The van der Waals surface area contributed by atoms with Crippen LogP contribution in [-0.2, 0) is 23.1 Å². The molecule has 0 N–H and O–H groups in total. The molecule has 0 unspecified atom stereocenters. The van der Waals surface area contributed by atoms with E-state index in [0.29, 0.717) is 55.4 Å². The van der Waals surface area contributed by atoms with Crippen molar-refractivity contribution < 1.29 is 28.2 Å². The number of nitrogens with zero attached hydrogens (tertiary/aromatic N) is 4. The molecule has 2 amide bonds. The van der Waals surface area contributed by atoms with Crippen LogP contribution in [0.5, 0.6) is 5.75 Å². The van der Waals surface area contributed by atoms with Crippen LogP contribution in [0.15, 0.2) is 55.0 Å². The summed E-state index contributed by atoms with van der Waals surface area (Å²) in [5, 5.41) is 0. The van der Waals surface area contributed by atoms with Crippen molar-refractivity contribution in [1.82, 2.24) is 19.4 Å². The van der Waals surface area contributed by atoms with E-state index in [1.165, 1.54) is 6.07 Å². The molecule has 0 atom stereocenters. The third-order valence-corrected chi connectivity index (χ3v) is 7.15. The van der Waals surface area contributed by atoms with Gasteiger partial charge in [0.2, 0.25) is 0 Å². The van der Waals surface area contributed by atoms with Gasteiger partial charge in [-0.05, 0) is 69.0 Å². The van der Waals surface area contributed by atoms with Crippen LogP contribution in [0, 0.1) is 5.82 Å². The highest BCUT2D eigenvalue weighted by Crippen LogP contribution is 2.30. The number of benzene rings is 2. The molecular weight excluding hydrogens is 527 g/mol. The van der Waals surface area contributed by atoms with E-state index in [2.05, 4.69) is 4.98 Å². The van der Waals surface area contributed by atoms with Crippen LogP contribution >= 0.6 is 0 Å². The molecule has 0 radical (unpaired) electrons. The Morgan fingerprint density at radius 2 is 1.88 bits per heavy atom. The first-order chi connectivity index (χ1) is 19.6. The Morgan fingerprint density at radius 1 is 1.12 bits per heavy atom. The number of hydrogen-bond donors (Lipinski definition) is 0. The number of carbonyl (C=O) groups is 2. The first-order valence-electron chi connectivity index (χ1n) is 14.0. The number of carbonyl (C=O) groups excluding carboxylic acids is 2. The number of amides is 2. The Labute approximate surface area is 239 Å². The number of likely N-dealkylation sites (tertiary alicyclic amines) is 1. The molecule has 2 fully saturated rings. The predicted octanol–water partition coefficient (Wildman–Crippen LogP) is 5.05. The highest BCUT2D eigenvalue weighted by Gasteiger charge is 2.35. The van der Waals surface area contributed by atoms with Gasteiger partial charge in [-0.3, -0.25) is 4.79 Å². The summed E-state index contributed by atoms with van der Waals surface area (Å²) in [6, 6.07) is 12.2. The Bertz CT molecular complexity index is 1390. The van der Waals surface area contributed by atoms with Gasteiger partial charge in [0.15, 0.2) is 0 Å². The summed E-state index contributed by atoms with van der Waals surface area (Å²) in [5.41, 5.74) is 1.74. The second-order valence-corrected chi connectivity index (χ2v) is 11.7. The van der Waals surface area contributed by atoms with Crippen LogP contribution in [0.4, 0.5) is 9.18 Å². The van der Waals surface area contributed by atoms with E-state index in [1.807, 2.05) is 50.9 Å². The number of aryl methyl sites for hydroxylation is 1. The lowest BCUT2D eigenvalue weighted by molar-refractivity contribution is -0.0221. The summed E-state index contributed by atoms with van der Waals surface area (Å²) in [6.45, 7) is 7.86. The molecule has 9 nitrogen and oxygen atoms in total. The Hall–Kier alpha value is -3.92. The number of imidazole rings is 1. The van der Waals surface area contributed by atoms with Crippen molar-refractivity contribution in [2.75, 3.05) is 26.3 Å². The van der Waals surface area contributed by atoms with Crippen LogP contribution in [-0.4, -0.2) is 75.4 Å². The van der Waals surface area contributed by atoms with Gasteiger partial charge in [-0.15, -0.1) is 0 Å². The number of aromatic nitrogens is 2. The molecule has 3 aromatic rings. The number of hydrogen-bond acceptors (Lipinski definition) is 6. The Balaban J connectivity index is 1.30. The third-order valence-electron chi connectivity index (χ3n) is 7.15. The van der Waals surface area contributed by atoms with E-state index >= 15 is 4.39 Å². The van der Waals surface area contributed by atoms with Crippen molar-refractivity contribution in [2.45, 2.75) is 57.9 Å². The number of halogens is 1. The first kappa shape index (κ1) is 28.6. The zero-order chi connectivity index (χ0) is 29.1. The van der Waals surface area contributed by atoms with Crippen LogP contribution < -0.4 is 4.74 Å². The summed E-state index contributed by atoms with van der Waals surface area (Å²) in [4.78, 5) is 33.4. The maximum atomic E-state index is 15.1. The molecule has 41 heavy (non-hydrogen) atoms. The van der Waals surface area contributed by atoms with E-state index < -0.39 is 5.60 Å². The molecule has 0 spiro atoms. The van der Waals surface area contributed by atoms with Crippen molar-refractivity contribution in [3.63, 3.8) is 0 Å². The summed E-state index contributed by atoms with van der Waals surface area (Å²) >= 11 is 0. The van der Waals surface area contributed by atoms with Gasteiger partial charge >= 0.3 is 6.09 Å². The molecule has 10 heteroatoms. The zero-order valence-corrected chi connectivity index (χ0v) is 24.0. The molecule has 3 heterocycles.